The number of urea groups is 1. The number of aryl methyl sites for hydroxylation is 1. The molecule has 4 aromatic rings. The molecule has 7 nitrogen and oxygen atoms in total. The minimum absolute atomic E-state index is 0.311. The van der Waals surface area contributed by atoms with Gasteiger partial charge in [0.05, 0.1) is 12.1 Å². The van der Waals surface area contributed by atoms with E-state index < -0.39 is 0 Å². The van der Waals surface area contributed by atoms with Crippen molar-refractivity contribution in [1.29, 1.82) is 0 Å². The van der Waals surface area contributed by atoms with Crippen LogP contribution < -0.4 is 20.1 Å². The predicted octanol–water partition coefficient (Wildman–Crippen LogP) is 6.00. The summed E-state index contributed by atoms with van der Waals surface area (Å²) in [6.07, 6.45) is 1.70. The second-order valence-corrected chi connectivity index (χ2v) is 7.36. The normalized spacial score (nSPS) is 10.6. The van der Waals surface area contributed by atoms with Crippen molar-refractivity contribution < 1.29 is 19.0 Å². The molecule has 0 saturated carbocycles. The Labute approximate surface area is 192 Å². The predicted molar refractivity (Wildman–Crippen MR) is 129 cm³/mol. The van der Waals surface area contributed by atoms with Crippen LogP contribution in [0.25, 0.3) is 10.9 Å². The molecule has 33 heavy (non-hydrogen) atoms. The fraction of sp³-hybridized carbons (Fsp3) is 0.154. The van der Waals surface area contributed by atoms with Crippen molar-refractivity contribution in [3.05, 3.63) is 84.6 Å². The number of amides is 2. The van der Waals surface area contributed by atoms with Crippen molar-refractivity contribution in [3.8, 4) is 17.2 Å². The zero-order valence-corrected chi connectivity index (χ0v) is 18.5. The first-order valence-corrected chi connectivity index (χ1v) is 10.5. The smallest absolute Gasteiger partial charge is 0.323 e. The minimum Gasteiger partial charge on any atom is -0.491 e. The van der Waals surface area contributed by atoms with Gasteiger partial charge in [-0.2, -0.15) is 0 Å². The maximum absolute atomic E-state index is 12.2. The topological polar surface area (TPSA) is 81.7 Å². The highest BCUT2D eigenvalue weighted by Crippen LogP contribution is 2.33. The first kappa shape index (κ1) is 22.1. The molecule has 2 amide bonds. The number of nitrogens with one attached hydrogen (secondary N) is 2. The van der Waals surface area contributed by atoms with Crippen LogP contribution in [-0.2, 0) is 4.74 Å². The van der Waals surface area contributed by atoms with Crippen LogP contribution in [-0.4, -0.2) is 31.3 Å². The van der Waals surface area contributed by atoms with Gasteiger partial charge in [0.1, 0.15) is 23.9 Å². The molecule has 0 radical (unpaired) electrons. The molecule has 168 valence electrons. The second-order valence-electron chi connectivity index (χ2n) is 7.36. The summed E-state index contributed by atoms with van der Waals surface area (Å²) in [5.41, 5.74) is 3.15. The standard InChI is InChI=1S/C26H25N3O4/c1-18-16-22-23(17-25(18)32-15-14-31-2)27-13-12-24(22)33-21-10-8-20(9-11-21)29-26(30)28-19-6-4-3-5-7-19/h3-13,16-17H,14-15H2,1-2H3,(H2,28,29,30). The van der Waals surface area contributed by atoms with E-state index in [0.717, 1.165) is 27.9 Å². The number of carbonyl (C=O) groups is 1. The monoisotopic (exact) mass is 443 g/mol. The molecule has 1 heterocycles. The van der Waals surface area contributed by atoms with E-state index in [9.17, 15) is 4.79 Å². The van der Waals surface area contributed by atoms with Gasteiger partial charge in [0.15, 0.2) is 0 Å². The molecule has 2 N–H and O–H groups in total. The molecule has 0 bridgehead atoms. The lowest BCUT2D eigenvalue weighted by atomic mass is 10.1. The zero-order valence-electron chi connectivity index (χ0n) is 18.5. The highest BCUT2D eigenvalue weighted by atomic mass is 16.5. The Kier molecular flexibility index (Phi) is 7.02. The van der Waals surface area contributed by atoms with E-state index in [-0.39, 0.29) is 6.03 Å². The van der Waals surface area contributed by atoms with E-state index >= 15 is 0 Å². The van der Waals surface area contributed by atoms with Gasteiger partial charge in [0.25, 0.3) is 0 Å². The third kappa shape index (κ3) is 5.78. The van der Waals surface area contributed by atoms with E-state index in [2.05, 4.69) is 15.6 Å². The van der Waals surface area contributed by atoms with Crippen molar-refractivity contribution in [1.82, 2.24) is 4.98 Å². The van der Waals surface area contributed by atoms with Crippen LogP contribution in [0.4, 0.5) is 16.2 Å². The number of carbonyl (C=O) groups excluding carboxylic acids is 1. The molecular weight excluding hydrogens is 418 g/mol. The molecule has 4 rings (SSSR count). The van der Waals surface area contributed by atoms with E-state index in [1.54, 1.807) is 37.6 Å². The number of fused-ring (bicyclic) bond motifs is 1. The molecule has 0 aliphatic rings. The van der Waals surface area contributed by atoms with Crippen LogP contribution in [0, 0.1) is 6.92 Å². The Bertz CT molecular complexity index is 1230. The van der Waals surface area contributed by atoms with E-state index in [1.807, 2.05) is 55.5 Å². The lowest BCUT2D eigenvalue weighted by Crippen LogP contribution is -2.19. The maximum Gasteiger partial charge on any atom is 0.323 e. The van der Waals surface area contributed by atoms with Gasteiger partial charge in [-0.3, -0.25) is 4.98 Å². The van der Waals surface area contributed by atoms with Gasteiger partial charge < -0.3 is 24.8 Å². The van der Waals surface area contributed by atoms with Crippen molar-refractivity contribution in [2.75, 3.05) is 31.0 Å². The summed E-state index contributed by atoms with van der Waals surface area (Å²) in [6.45, 7) is 2.98. The first-order chi connectivity index (χ1) is 16.1. The molecule has 0 saturated heterocycles. The van der Waals surface area contributed by atoms with Gasteiger partial charge in [-0.25, -0.2) is 4.79 Å². The summed E-state index contributed by atoms with van der Waals surface area (Å²) in [6, 6.07) is 21.9. The number of hydrogen-bond donors (Lipinski definition) is 2. The number of aromatic nitrogens is 1. The SMILES string of the molecule is COCCOc1cc2nccc(Oc3ccc(NC(=O)Nc4ccccc4)cc3)c2cc1C. The minimum atomic E-state index is -0.311. The molecule has 0 aliphatic heterocycles. The van der Waals surface area contributed by atoms with Crippen LogP contribution in [0.5, 0.6) is 17.2 Å². The summed E-state index contributed by atoms with van der Waals surface area (Å²) in [4.78, 5) is 16.6. The van der Waals surface area contributed by atoms with Gasteiger partial charge in [0, 0.05) is 36.1 Å². The number of benzene rings is 3. The van der Waals surface area contributed by atoms with Gasteiger partial charge in [0.2, 0.25) is 0 Å². The first-order valence-electron chi connectivity index (χ1n) is 10.5. The summed E-state index contributed by atoms with van der Waals surface area (Å²) in [5, 5.41) is 6.48. The number of para-hydroxylation sites is 1. The van der Waals surface area contributed by atoms with Gasteiger partial charge in [-0.1, -0.05) is 18.2 Å². The van der Waals surface area contributed by atoms with E-state index in [0.29, 0.717) is 30.4 Å². The summed E-state index contributed by atoms with van der Waals surface area (Å²) >= 11 is 0. The van der Waals surface area contributed by atoms with Crippen LogP contribution in [0.3, 0.4) is 0 Å². The van der Waals surface area contributed by atoms with Crippen LogP contribution >= 0.6 is 0 Å². The van der Waals surface area contributed by atoms with E-state index in [4.69, 9.17) is 14.2 Å². The number of ether oxygens (including phenoxy) is 3. The third-order valence-electron chi connectivity index (χ3n) is 4.91. The molecule has 0 fully saturated rings. The second kappa shape index (κ2) is 10.5. The quantitative estimate of drug-likeness (QED) is 0.326. The zero-order chi connectivity index (χ0) is 23.0. The summed E-state index contributed by atoms with van der Waals surface area (Å²) < 4.78 is 16.9. The van der Waals surface area contributed by atoms with Crippen molar-refractivity contribution >= 4 is 28.3 Å². The number of rotatable bonds is 8. The molecule has 0 unspecified atom stereocenters. The highest BCUT2D eigenvalue weighted by Gasteiger charge is 2.10. The molecule has 0 spiro atoms. The Morgan fingerprint density at radius 3 is 2.33 bits per heavy atom. The van der Waals surface area contributed by atoms with Gasteiger partial charge in [-0.15, -0.1) is 0 Å². The number of pyridine rings is 1. The lowest BCUT2D eigenvalue weighted by Gasteiger charge is -2.13. The van der Waals surface area contributed by atoms with Crippen LogP contribution in [0.1, 0.15) is 5.56 Å². The Hall–Kier alpha value is -4.10. The number of methoxy groups -OCH3 is 1. The van der Waals surface area contributed by atoms with Crippen molar-refractivity contribution in [2.45, 2.75) is 6.92 Å². The number of hydrogen-bond acceptors (Lipinski definition) is 5. The number of anilines is 2. The van der Waals surface area contributed by atoms with Crippen LogP contribution in [0.2, 0.25) is 0 Å². The summed E-state index contributed by atoms with van der Waals surface area (Å²) in [7, 11) is 1.64. The fourth-order valence-electron chi connectivity index (χ4n) is 3.28. The van der Waals surface area contributed by atoms with Crippen molar-refractivity contribution in [2.24, 2.45) is 0 Å². The highest BCUT2D eigenvalue weighted by molar-refractivity contribution is 5.99. The maximum atomic E-state index is 12.2. The van der Waals surface area contributed by atoms with Crippen LogP contribution in [0.15, 0.2) is 79.0 Å². The average Bonchev–Trinajstić information content (AvgIpc) is 2.82. The Balaban J connectivity index is 1.44. The van der Waals surface area contributed by atoms with E-state index in [1.165, 1.54) is 0 Å². The lowest BCUT2D eigenvalue weighted by molar-refractivity contribution is 0.146. The molecular formula is C26H25N3O4. The summed E-state index contributed by atoms with van der Waals surface area (Å²) in [5.74, 6) is 2.11. The van der Waals surface area contributed by atoms with Gasteiger partial charge >= 0.3 is 6.03 Å². The van der Waals surface area contributed by atoms with Crippen molar-refractivity contribution in [3.63, 3.8) is 0 Å². The largest absolute Gasteiger partial charge is 0.491 e. The Morgan fingerprint density at radius 1 is 0.879 bits per heavy atom. The molecule has 3 aromatic carbocycles. The molecule has 0 atom stereocenters. The molecule has 7 heteroatoms. The van der Waals surface area contributed by atoms with Gasteiger partial charge in [-0.05, 0) is 61.0 Å². The average molecular weight is 444 g/mol. The molecule has 1 aromatic heterocycles. The fourth-order valence-corrected chi connectivity index (χ4v) is 3.28. The Morgan fingerprint density at radius 2 is 1.61 bits per heavy atom. The third-order valence-corrected chi connectivity index (χ3v) is 4.91. The number of nitrogens with zero attached hydrogens (tertiary/aromatic N) is 1. The molecule has 0 aliphatic carbocycles.